The number of rotatable bonds is 3. The minimum Gasteiger partial charge on any atom is -0.299 e. The molecule has 2 aliphatic carbocycles. The van der Waals surface area contributed by atoms with E-state index in [4.69, 9.17) is 0 Å². The van der Waals surface area contributed by atoms with E-state index in [0.717, 1.165) is 11.8 Å². The second-order valence-electron chi connectivity index (χ2n) is 6.24. The summed E-state index contributed by atoms with van der Waals surface area (Å²) < 4.78 is 0. The van der Waals surface area contributed by atoms with Gasteiger partial charge in [-0.1, -0.05) is 26.7 Å². The van der Waals surface area contributed by atoms with Gasteiger partial charge in [-0.15, -0.1) is 0 Å². The first-order valence-corrected chi connectivity index (χ1v) is 7.22. The van der Waals surface area contributed by atoms with Crippen LogP contribution in [-0.2, 0) is 4.79 Å². The molecule has 0 heterocycles. The topological polar surface area (TPSA) is 17.1 Å². The van der Waals surface area contributed by atoms with Gasteiger partial charge in [-0.3, -0.25) is 4.79 Å². The van der Waals surface area contributed by atoms with Crippen LogP contribution < -0.4 is 0 Å². The molecule has 0 amide bonds. The fraction of sp³-hybridized carbons (Fsp3) is 0.933. The van der Waals surface area contributed by atoms with E-state index in [1.807, 2.05) is 0 Å². The molecule has 0 spiro atoms. The van der Waals surface area contributed by atoms with Gasteiger partial charge in [0.1, 0.15) is 5.78 Å². The summed E-state index contributed by atoms with van der Waals surface area (Å²) in [6, 6.07) is 0. The predicted molar refractivity (Wildman–Crippen MR) is 67.3 cm³/mol. The monoisotopic (exact) mass is 222 g/mol. The van der Waals surface area contributed by atoms with Crippen LogP contribution in [0.25, 0.3) is 0 Å². The molecule has 16 heavy (non-hydrogen) atoms. The molecule has 1 heteroatoms. The van der Waals surface area contributed by atoms with E-state index in [-0.39, 0.29) is 0 Å². The standard InChI is InChI=1S/C15H26O/c1-11(2)12-7-9-14(10-8-12)15(16)13-5-3-4-6-13/h11-14H,3-10H2,1-2H3. The highest BCUT2D eigenvalue weighted by molar-refractivity contribution is 5.83. The zero-order chi connectivity index (χ0) is 11.5. The summed E-state index contributed by atoms with van der Waals surface area (Å²) in [6.45, 7) is 4.65. The van der Waals surface area contributed by atoms with Gasteiger partial charge in [0, 0.05) is 11.8 Å². The molecule has 2 rings (SSSR count). The molecule has 0 atom stereocenters. The molecule has 0 N–H and O–H groups in total. The van der Waals surface area contributed by atoms with Crippen molar-refractivity contribution in [3.8, 4) is 0 Å². The first kappa shape index (κ1) is 12.1. The molecule has 1 nitrogen and oxygen atoms in total. The molecule has 2 fully saturated rings. The second kappa shape index (κ2) is 5.33. The Morgan fingerprint density at radius 3 is 1.88 bits per heavy atom. The highest BCUT2D eigenvalue weighted by Crippen LogP contribution is 2.37. The van der Waals surface area contributed by atoms with E-state index >= 15 is 0 Å². The van der Waals surface area contributed by atoms with Crippen LogP contribution in [0.1, 0.15) is 65.2 Å². The summed E-state index contributed by atoms with van der Waals surface area (Å²) in [5.41, 5.74) is 0. The van der Waals surface area contributed by atoms with Crippen LogP contribution in [0.3, 0.4) is 0 Å². The van der Waals surface area contributed by atoms with Gasteiger partial charge in [0.2, 0.25) is 0 Å². The van der Waals surface area contributed by atoms with Gasteiger partial charge in [-0.25, -0.2) is 0 Å². The SMILES string of the molecule is CC(C)C1CCC(C(=O)C2CCCC2)CC1. The third-order valence-corrected chi connectivity index (χ3v) is 4.87. The molecule has 0 aromatic rings. The molecular weight excluding hydrogens is 196 g/mol. The van der Waals surface area contributed by atoms with Crippen LogP contribution in [0.2, 0.25) is 0 Å². The number of ketones is 1. The Morgan fingerprint density at radius 2 is 1.38 bits per heavy atom. The van der Waals surface area contributed by atoms with E-state index in [1.54, 1.807) is 0 Å². The van der Waals surface area contributed by atoms with Crippen LogP contribution in [0.5, 0.6) is 0 Å². The summed E-state index contributed by atoms with van der Waals surface area (Å²) in [6.07, 6.45) is 9.89. The Morgan fingerprint density at radius 1 is 0.875 bits per heavy atom. The lowest BCUT2D eigenvalue weighted by atomic mass is 9.73. The molecule has 0 saturated heterocycles. The highest BCUT2D eigenvalue weighted by atomic mass is 16.1. The first-order valence-electron chi connectivity index (χ1n) is 7.22. The van der Waals surface area contributed by atoms with Crippen molar-refractivity contribution < 1.29 is 4.79 Å². The van der Waals surface area contributed by atoms with Crippen LogP contribution >= 0.6 is 0 Å². The van der Waals surface area contributed by atoms with Crippen molar-refractivity contribution in [2.24, 2.45) is 23.7 Å². The van der Waals surface area contributed by atoms with Gasteiger partial charge in [-0.2, -0.15) is 0 Å². The number of carbonyl (C=O) groups excluding carboxylic acids is 1. The molecule has 0 aliphatic heterocycles. The first-order chi connectivity index (χ1) is 7.68. The number of hydrogen-bond donors (Lipinski definition) is 0. The summed E-state index contributed by atoms with van der Waals surface area (Å²) in [5, 5.41) is 0. The lowest BCUT2D eigenvalue weighted by Gasteiger charge is -2.31. The number of carbonyl (C=O) groups is 1. The summed E-state index contributed by atoms with van der Waals surface area (Å²) in [5.74, 6) is 3.19. The molecule has 0 unspecified atom stereocenters. The van der Waals surface area contributed by atoms with Crippen molar-refractivity contribution in [2.45, 2.75) is 65.2 Å². The van der Waals surface area contributed by atoms with Gasteiger partial charge in [0.25, 0.3) is 0 Å². The Kier molecular flexibility index (Phi) is 4.05. The minimum atomic E-state index is 0.429. The molecule has 0 aromatic carbocycles. The van der Waals surface area contributed by atoms with E-state index < -0.39 is 0 Å². The highest BCUT2D eigenvalue weighted by Gasteiger charge is 2.32. The zero-order valence-corrected chi connectivity index (χ0v) is 10.9. The Labute approximate surface area is 100.0 Å². The van der Waals surface area contributed by atoms with E-state index in [0.29, 0.717) is 17.6 Å². The summed E-state index contributed by atoms with van der Waals surface area (Å²) in [4.78, 5) is 12.3. The maximum Gasteiger partial charge on any atom is 0.139 e. The number of Topliss-reactive ketones (excluding diaryl/α,β-unsaturated/α-hetero) is 1. The fourth-order valence-electron chi connectivity index (χ4n) is 3.61. The molecule has 2 aliphatic rings. The van der Waals surface area contributed by atoms with Gasteiger partial charge >= 0.3 is 0 Å². The van der Waals surface area contributed by atoms with E-state index in [1.165, 1.54) is 51.4 Å². The van der Waals surface area contributed by atoms with Crippen LogP contribution in [0.15, 0.2) is 0 Å². The number of hydrogen-bond acceptors (Lipinski definition) is 1. The maximum atomic E-state index is 12.3. The van der Waals surface area contributed by atoms with Crippen LogP contribution in [0.4, 0.5) is 0 Å². The van der Waals surface area contributed by atoms with Crippen molar-refractivity contribution in [3.05, 3.63) is 0 Å². The van der Waals surface area contributed by atoms with Crippen molar-refractivity contribution >= 4 is 5.78 Å². The van der Waals surface area contributed by atoms with Crippen molar-refractivity contribution in [3.63, 3.8) is 0 Å². The minimum absolute atomic E-state index is 0.429. The molecule has 0 aromatic heterocycles. The lowest BCUT2D eigenvalue weighted by Crippen LogP contribution is -2.27. The Balaban J connectivity index is 1.81. The van der Waals surface area contributed by atoms with Crippen molar-refractivity contribution in [1.82, 2.24) is 0 Å². The second-order valence-corrected chi connectivity index (χ2v) is 6.24. The molecule has 0 bridgehead atoms. The van der Waals surface area contributed by atoms with Crippen molar-refractivity contribution in [2.75, 3.05) is 0 Å². The van der Waals surface area contributed by atoms with E-state index in [2.05, 4.69) is 13.8 Å². The fourth-order valence-corrected chi connectivity index (χ4v) is 3.61. The average Bonchev–Trinajstić information content (AvgIpc) is 2.81. The Hall–Kier alpha value is -0.330. The van der Waals surface area contributed by atoms with Gasteiger partial charge in [0.05, 0.1) is 0 Å². The third-order valence-electron chi connectivity index (χ3n) is 4.87. The van der Waals surface area contributed by atoms with Crippen LogP contribution in [-0.4, -0.2) is 5.78 Å². The Bertz CT molecular complexity index is 230. The average molecular weight is 222 g/mol. The lowest BCUT2D eigenvalue weighted by molar-refractivity contribution is -0.128. The van der Waals surface area contributed by atoms with Crippen LogP contribution in [0, 0.1) is 23.7 Å². The smallest absolute Gasteiger partial charge is 0.139 e. The quantitative estimate of drug-likeness (QED) is 0.699. The van der Waals surface area contributed by atoms with Crippen molar-refractivity contribution in [1.29, 1.82) is 0 Å². The largest absolute Gasteiger partial charge is 0.299 e. The normalized spacial score (nSPS) is 32.2. The summed E-state index contributed by atoms with van der Waals surface area (Å²) in [7, 11) is 0. The third kappa shape index (κ3) is 2.67. The molecular formula is C15H26O. The predicted octanol–water partition coefficient (Wildman–Crippen LogP) is 4.21. The maximum absolute atomic E-state index is 12.3. The molecule has 92 valence electrons. The molecule has 0 radical (unpaired) electrons. The van der Waals surface area contributed by atoms with Gasteiger partial charge in [-0.05, 0) is 50.4 Å². The van der Waals surface area contributed by atoms with Gasteiger partial charge in [0.15, 0.2) is 0 Å². The summed E-state index contributed by atoms with van der Waals surface area (Å²) >= 11 is 0. The zero-order valence-electron chi connectivity index (χ0n) is 10.9. The van der Waals surface area contributed by atoms with E-state index in [9.17, 15) is 4.79 Å². The van der Waals surface area contributed by atoms with Gasteiger partial charge < -0.3 is 0 Å². The molecule has 2 saturated carbocycles.